The van der Waals surface area contributed by atoms with Crippen LogP contribution in [0.1, 0.15) is 24.8 Å². The summed E-state index contributed by atoms with van der Waals surface area (Å²) in [6.45, 7) is 3.08. The summed E-state index contributed by atoms with van der Waals surface area (Å²) in [4.78, 5) is 1.58. The fourth-order valence-electron chi connectivity index (χ4n) is 3.68. The number of hydrogen-bond acceptors (Lipinski definition) is 5. The zero-order valence-corrected chi connectivity index (χ0v) is 15.2. The van der Waals surface area contributed by atoms with Crippen LogP contribution in [0.15, 0.2) is 23.1 Å². The van der Waals surface area contributed by atoms with E-state index < -0.39 is 42.5 Å². The third kappa shape index (κ3) is 3.36. The van der Waals surface area contributed by atoms with Gasteiger partial charge in [0.25, 0.3) is 0 Å². The lowest BCUT2D eigenvalue weighted by Crippen LogP contribution is -2.48. The van der Waals surface area contributed by atoms with Gasteiger partial charge in [-0.05, 0) is 50.6 Å². The molecule has 0 amide bonds. The Bertz CT molecular complexity index is 830. The number of hydrogen-bond donors (Lipinski definition) is 0. The molecular weight excluding hydrogens is 353 g/mol. The van der Waals surface area contributed by atoms with Crippen molar-refractivity contribution in [2.75, 3.05) is 24.6 Å². The SMILES string of the molecule is Cc1ccc(F)c(S(=O)(=O)[C@H]2CS(=O)(=O)C[C@@H]2N2CCCCC2)c1. The van der Waals surface area contributed by atoms with Crippen molar-refractivity contribution < 1.29 is 21.2 Å². The minimum absolute atomic E-state index is 0.162. The first-order valence-electron chi connectivity index (χ1n) is 8.15. The highest BCUT2D eigenvalue weighted by Gasteiger charge is 2.48. The Morgan fingerprint density at radius 2 is 1.79 bits per heavy atom. The normalized spacial score (nSPS) is 28.1. The molecule has 0 unspecified atom stereocenters. The van der Waals surface area contributed by atoms with Gasteiger partial charge in [-0.15, -0.1) is 0 Å². The van der Waals surface area contributed by atoms with Crippen molar-refractivity contribution in [2.24, 2.45) is 0 Å². The van der Waals surface area contributed by atoms with E-state index in [9.17, 15) is 21.2 Å². The van der Waals surface area contributed by atoms with Crippen LogP contribution < -0.4 is 0 Å². The summed E-state index contributed by atoms with van der Waals surface area (Å²) in [5.74, 6) is -1.41. The van der Waals surface area contributed by atoms with E-state index in [2.05, 4.69) is 0 Å². The number of aryl methyl sites for hydroxylation is 1. The molecular formula is C16H22FNO4S2. The number of sulfone groups is 2. The highest BCUT2D eigenvalue weighted by molar-refractivity contribution is 7.96. The zero-order valence-electron chi connectivity index (χ0n) is 13.6. The Hall–Kier alpha value is -0.990. The zero-order chi connectivity index (χ0) is 17.5. The van der Waals surface area contributed by atoms with E-state index in [1.807, 2.05) is 4.90 Å². The molecule has 0 bridgehead atoms. The van der Waals surface area contributed by atoms with Gasteiger partial charge in [0.1, 0.15) is 10.7 Å². The Kier molecular flexibility index (Phi) is 4.74. The molecule has 2 aliphatic rings. The van der Waals surface area contributed by atoms with Crippen molar-refractivity contribution in [1.29, 1.82) is 0 Å². The molecule has 1 aromatic carbocycles. The highest BCUT2D eigenvalue weighted by atomic mass is 32.2. The van der Waals surface area contributed by atoms with Gasteiger partial charge in [-0.1, -0.05) is 12.5 Å². The van der Waals surface area contributed by atoms with E-state index in [4.69, 9.17) is 0 Å². The molecule has 2 atom stereocenters. The minimum atomic E-state index is -4.06. The maximum absolute atomic E-state index is 14.1. The van der Waals surface area contributed by atoms with Crippen molar-refractivity contribution in [1.82, 2.24) is 4.90 Å². The summed E-state index contributed by atoms with van der Waals surface area (Å²) in [6, 6.07) is 3.34. The summed E-state index contributed by atoms with van der Waals surface area (Å²) in [6.07, 6.45) is 2.93. The second-order valence-electron chi connectivity index (χ2n) is 6.76. The van der Waals surface area contributed by atoms with Crippen LogP contribution in [0.4, 0.5) is 4.39 Å². The Labute approximate surface area is 142 Å². The number of halogens is 1. The van der Waals surface area contributed by atoms with Crippen LogP contribution in [0.25, 0.3) is 0 Å². The van der Waals surface area contributed by atoms with Crippen LogP contribution in [0, 0.1) is 12.7 Å². The van der Waals surface area contributed by atoms with Gasteiger partial charge in [0, 0.05) is 6.04 Å². The molecule has 1 aromatic rings. The number of rotatable bonds is 3. The van der Waals surface area contributed by atoms with E-state index in [1.54, 1.807) is 6.92 Å². The summed E-state index contributed by atoms with van der Waals surface area (Å²) < 4.78 is 64.5. The van der Waals surface area contributed by atoms with Gasteiger partial charge in [0.2, 0.25) is 0 Å². The number of likely N-dealkylation sites (tertiary alicyclic amines) is 1. The quantitative estimate of drug-likeness (QED) is 0.802. The predicted molar refractivity (Wildman–Crippen MR) is 90.0 cm³/mol. The van der Waals surface area contributed by atoms with Gasteiger partial charge in [-0.3, -0.25) is 4.90 Å². The summed E-state index contributed by atoms with van der Waals surface area (Å²) in [7, 11) is -7.51. The van der Waals surface area contributed by atoms with Gasteiger partial charge in [0.15, 0.2) is 19.7 Å². The topological polar surface area (TPSA) is 71.5 Å². The van der Waals surface area contributed by atoms with E-state index in [-0.39, 0.29) is 10.6 Å². The molecule has 0 aromatic heterocycles. The third-order valence-electron chi connectivity index (χ3n) is 4.92. The molecule has 2 aliphatic heterocycles. The van der Waals surface area contributed by atoms with Crippen LogP contribution >= 0.6 is 0 Å². The largest absolute Gasteiger partial charge is 0.298 e. The first-order chi connectivity index (χ1) is 11.2. The molecule has 0 aliphatic carbocycles. The standard InChI is InChI=1S/C16H22FNO4S2/c1-12-5-6-13(17)15(9-12)24(21,22)16-11-23(19,20)10-14(16)18-7-3-2-4-8-18/h5-6,9,14,16H,2-4,7-8,10-11H2,1H3/t14-,16-/m0/s1. The van der Waals surface area contributed by atoms with E-state index in [0.29, 0.717) is 18.7 Å². The second kappa shape index (κ2) is 6.38. The molecule has 134 valence electrons. The minimum Gasteiger partial charge on any atom is -0.298 e. The monoisotopic (exact) mass is 375 g/mol. The van der Waals surface area contributed by atoms with Crippen LogP contribution in [0.5, 0.6) is 0 Å². The number of piperidine rings is 1. The molecule has 2 heterocycles. The summed E-state index contributed by atoms with van der Waals surface area (Å²) in [5.41, 5.74) is 0.630. The van der Waals surface area contributed by atoms with E-state index in [1.165, 1.54) is 12.1 Å². The van der Waals surface area contributed by atoms with Crippen molar-refractivity contribution in [3.05, 3.63) is 29.6 Å². The van der Waals surface area contributed by atoms with Gasteiger partial charge in [-0.2, -0.15) is 0 Å². The van der Waals surface area contributed by atoms with Crippen molar-refractivity contribution >= 4 is 19.7 Å². The lowest BCUT2D eigenvalue weighted by Gasteiger charge is -2.34. The number of nitrogens with zero attached hydrogens (tertiary/aromatic N) is 1. The molecule has 24 heavy (non-hydrogen) atoms. The summed E-state index contributed by atoms with van der Waals surface area (Å²) in [5, 5.41) is -1.10. The lowest BCUT2D eigenvalue weighted by molar-refractivity contribution is 0.178. The molecule has 2 saturated heterocycles. The Morgan fingerprint density at radius 1 is 1.12 bits per heavy atom. The van der Waals surface area contributed by atoms with E-state index in [0.717, 1.165) is 25.3 Å². The van der Waals surface area contributed by atoms with Gasteiger partial charge >= 0.3 is 0 Å². The predicted octanol–water partition coefficient (Wildman–Crippen LogP) is 1.56. The van der Waals surface area contributed by atoms with Crippen molar-refractivity contribution in [3.63, 3.8) is 0 Å². The molecule has 5 nitrogen and oxygen atoms in total. The Balaban J connectivity index is 2.02. The van der Waals surface area contributed by atoms with Gasteiger partial charge < -0.3 is 0 Å². The second-order valence-corrected chi connectivity index (χ2v) is 11.0. The maximum atomic E-state index is 14.1. The molecule has 0 spiro atoms. The molecule has 0 radical (unpaired) electrons. The average Bonchev–Trinajstić information content (AvgIpc) is 2.87. The van der Waals surface area contributed by atoms with Crippen LogP contribution in [-0.2, 0) is 19.7 Å². The van der Waals surface area contributed by atoms with E-state index >= 15 is 0 Å². The van der Waals surface area contributed by atoms with Gasteiger partial charge in [0.05, 0.1) is 16.8 Å². The molecule has 3 rings (SSSR count). The van der Waals surface area contributed by atoms with Crippen LogP contribution in [-0.4, -0.2) is 57.6 Å². The highest BCUT2D eigenvalue weighted by Crippen LogP contribution is 2.31. The van der Waals surface area contributed by atoms with Crippen LogP contribution in [0.3, 0.4) is 0 Å². The third-order valence-corrected chi connectivity index (χ3v) is 9.05. The molecule has 2 fully saturated rings. The first-order valence-corrected chi connectivity index (χ1v) is 11.5. The lowest BCUT2D eigenvalue weighted by atomic mass is 10.1. The summed E-state index contributed by atoms with van der Waals surface area (Å²) >= 11 is 0. The molecule has 0 saturated carbocycles. The smallest absolute Gasteiger partial charge is 0.186 e. The Morgan fingerprint density at radius 3 is 2.46 bits per heavy atom. The average molecular weight is 375 g/mol. The van der Waals surface area contributed by atoms with Crippen molar-refractivity contribution in [2.45, 2.75) is 42.4 Å². The molecule has 0 N–H and O–H groups in total. The first kappa shape index (κ1) is 17.8. The van der Waals surface area contributed by atoms with Crippen LogP contribution in [0.2, 0.25) is 0 Å². The fraction of sp³-hybridized carbons (Fsp3) is 0.625. The molecule has 8 heteroatoms. The fourth-order valence-corrected chi connectivity index (χ4v) is 8.66. The van der Waals surface area contributed by atoms with Crippen molar-refractivity contribution in [3.8, 4) is 0 Å². The number of benzene rings is 1. The maximum Gasteiger partial charge on any atom is 0.186 e. The van der Waals surface area contributed by atoms with Gasteiger partial charge in [-0.25, -0.2) is 21.2 Å².